The Kier molecular flexibility index (Phi) is 5.95. The van der Waals surface area contributed by atoms with E-state index in [2.05, 4.69) is 0 Å². The summed E-state index contributed by atoms with van der Waals surface area (Å²) in [7, 11) is 1.36. The van der Waals surface area contributed by atoms with Gasteiger partial charge in [-0.15, -0.1) is 0 Å². The summed E-state index contributed by atoms with van der Waals surface area (Å²) in [6.45, 7) is 0. The molecule has 0 amide bonds. The maximum Gasteiger partial charge on any atom is 0.335 e. The molecule has 11 nitrogen and oxygen atoms in total. The molecule has 1 aromatic heterocycles. The van der Waals surface area contributed by atoms with E-state index in [1.165, 1.54) is 49.8 Å². The van der Waals surface area contributed by atoms with Gasteiger partial charge in [-0.05, 0) is 23.8 Å². The van der Waals surface area contributed by atoms with E-state index in [0.29, 0.717) is 5.56 Å². The lowest BCUT2D eigenvalue weighted by atomic mass is 9.99. The van der Waals surface area contributed by atoms with Gasteiger partial charge in [-0.25, -0.2) is 4.79 Å². The second-order valence-electron chi connectivity index (χ2n) is 7.38. The van der Waals surface area contributed by atoms with Crippen molar-refractivity contribution in [2.24, 2.45) is 0 Å². The molecule has 1 saturated heterocycles. The molecule has 1 fully saturated rings. The molecule has 5 N–H and O–H groups in total. The third-order valence-corrected chi connectivity index (χ3v) is 5.30. The summed E-state index contributed by atoms with van der Waals surface area (Å²) in [4.78, 5) is 24.1. The zero-order valence-electron chi connectivity index (χ0n) is 17.1. The molecule has 33 heavy (non-hydrogen) atoms. The summed E-state index contributed by atoms with van der Waals surface area (Å²) in [5.74, 6) is -1.43. The van der Waals surface area contributed by atoms with Crippen molar-refractivity contribution in [1.29, 1.82) is 0 Å². The van der Waals surface area contributed by atoms with Crippen molar-refractivity contribution < 1.29 is 49.0 Å². The van der Waals surface area contributed by atoms with E-state index in [9.17, 15) is 30.0 Å². The van der Waals surface area contributed by atoms with Gasteiger partial charge in [0.1, 0.15) is 35.9 Å². The fourth-order valence-corrected chi connectivity index (χ4v) is 3.50. The number of benzene rings is 2. The number of fused-ring (bicyclic) bond motifs is 1. The van der Waals surface area contributed by atoms with Gasteiger partial charge in [-0.2, -0.15) is 0 Å². The highest BCUT2D eigenvalue weighted by Gasteiger charge is 2.48. The first kappa shape index (κ1) is 22.6. The number of carboxylic acids is 1. The molecule has 5 unspecified atom stereocenters. The van der Waals surface area contributed by atoms with Crippen LogP contribution in [0.4, 0.5) is 0 Å². The van der Waals surface area contributed by atoms with Gasteiger partial charge in [0, 0.05) is 6.07 Å². The summed E-state index contributed by atoms with van der Waals surface area (Å²) in [6.07, 6.45) is -7.41. The van der Waals surface area contributed by atoms with Gasteiger partial charge < -0.3 is 44.2 Å². The third-order valence-electron chi connectivity index (χ3n) is 5.30. The quantitative estimate of drug-likeness (QED) is 0.357. The number of phenols is 1. The number of ether oxygens (including phenoxy) is 3. The Bertz CT molecular complexity index is 1230. The van der Waals surface area contributed by atoms with Crippen LogP contribution in [0.3, 0.4) is 0 Å². The highest BCUT2D eigenvalue weighted by molar-refractivity contribution is 5.84. The number of hydrogen-bond acceptors (Lipinski definition) is 10. The van der Waals surface area contributed by atoms with Crippen molar-refractivity contribution in [3.8, 4) is 28.4 Å². The van der Waals surface area contributed by atoms with Crippen LogP contribution in [0.1, 0.15) is 0 Å². The summed E-state index contributed by atoms with van der Waals surface area (Å²) in [5, 5.41) is 48.9. The van der Waals surface area contributed by atoms with Gasteiger partial charge in [0.2, 0.25) is 11.7 Å². The first-order chi connectivity index (χ1) is 15.7. The molecule has 1 aliphatic rings. The van der Waals surface area contributed by atoms with Crippen LogP contribution in [0.5, 0.6) is 17.2 Å². The smallest absolute Gasteiger partial charge is 0.335 e. The van der Waals surface area contributed by atoms with Crippen LogP contribution < -0.4 is 14.9 Å². The molecule has 1 aliphatic heterocycles. The fraction of sp³-hybridized carbons (Fsp3) is 0.273. The second-order valence-corrected chi connectivity index (χ2v) is 7.38. The van der Waals surface area contributed by atoms with Crippen LogP contribution in [-0.2, 0) is 9.53 Å². The van der Waals surface area contributed by atoms with E-state index >= 15 is 0 Å². The number of aromatic hydroxyl groups is 1. The first-order valence-electron chi connectivity index (χ1n) is 9.73. The minimum atomic E-state index is -1.83. The average molecular weight is 460 g/mol. The zero-order valence-corrected chi connectivity index (χ0v) is 17.1. The molecule has 0 bridgehead atoms. The SMILES string of the molecule is COc1cc2c(=O)c(-c3ccc(OC4OC(C(=O)O)C(O)C(O)C4O)cc3)coc2cc1O. The van der Waals surface area contributed by atoms with Crippen molar-refractivity contribution >= 4 is 16.9 Å². The number of aliphatic hydroxyl groups excluding tert-OH is 3. The standard InChI is InChI=1S/C22H20O11/c1-30-15-6-11-14(7-13(15)23)31-8-12(16(11)24)9-2-4-10(5-3-9)32-22-19(27)17(25)18(26)20(33-22)21(28)29/h2-8,17-20,22-23,25-27H,1H3,(H,28,29). The maximum atomic E-state index is 12.9. The topological polar surface area (TPSA) is 176 Å². The van der Waals surface area contributed by atoms with E-state index in [0.717, 1.165) is 0 Å². The molecule has 11 heteroatoms. The lowest BCUT2D eigenvalue weighted by Crippen LogP contribution is -2.61. The number of aliphatic carboxylic acids is 1. The maximum absolute atomic E-state index is 12.9. The van der Waals surface area contributed by atoms with Crippen LogP contribution in [0.2, 0.25) is 0 Å². The molecule has 3 aromatic rings. The van der Waals surface area contributed by atoms with E-state index in [4.69, 9.17) is 23.7 Å². The van der Waals surface area contributed by atoms with E-state index in [1.54, 1.807) is 0 Å². The number of carbonyl (C=O) groups is 1. The Balaban J connectivity index is 1.59. The molecule has 0 saturated carbocycles. The average Bonchev–Trinajstić information content (AvgIpc) is 2.80. The van der Waals surface area contributed by atoms with Crippen LogP contribution in [0, 0.1) is 0 Å². The normalized spacial score (nSPS) is 25.0. The minimum Gasteiger partial charge on any atom is -0.504 e. The molecule has 174 valence electrons. The van der Waals surface area contributed by atoms with Gasteiger partial charge in [0.25, 0.3) is 0 Å². The van der Waals surface area contributed by atoms with E-state index in [-0.39, 0.29) is 39.2 Å². The summed E-state index contributed by atoms with van der Waals surface area (Å²) in [5.41, 5.74) is 0.504. The molecule has 0 aliphatic carbocycles. The molecule has 4 rings (SSSR count). The second kappa shape index (κ2) is 8.71. The molecule has 0 spiro atoms. The number of hydrogen-bond donors (Lipinski definition) is 5. The van der Waals surface area contributed by atoms with E-state index < -0.39 is 36.7 Å². The zero-order chi connectivity index (χ0) is 23.9. The highest BCUT2D eigenvalue weighted by atomic mass is 16.7. The largest absolute Gasteiger partial charge is 0.504 e. The summed E-state index contributed by atoms with van der Waals surface area (Å²) < 4.78 is 21.0. The molecular formula is C22H20O11. The Morgan fingerprint density at radius 2 is 1.73 bits per heavy atom. The van der Waals surface area contributed by atoms with Crippen LogP contribution in [0.25, 0.3) is 22.1 Å². The number of rotatable bonds is 5. The fourth-order valence-electron chi connectivity index (χ4n) is 3.50. The lowest BCUT2D eigenvalue weighted by molar-refractivity contribution is -0.271. The molecular weight excluding hydrogens is 440 g/mol. The molecule has 2 heterocycles. The molecule has 2 aromatic carbocycles. The van der Waals surface area contributed by atoms with Crippen LogP contribution >= 0.6 is 0 Å². The van der Waals surface area contributed by atoms with E-state index in [1.807, 2.05) is 0 Å². The summed E-state index contributed by atoms with van der Waals surface area (Å²) in [6, 6.07) is 8.60. The highest BCUT2D eigenvalue weighted by Crippen LogP contribution is 2.32. The van der Waals surface area contributed by atoms with Gasteiger partial charge in [-0.1, -0.05) is 12.1 Å². The lowest BCUT2D eigenvalue weighted by Gasteiger charge is -2.38. The van der Waals surface area contributed by atoms with Gasteiger partial charge in [0.15, 0.2) is 17.6 Å². The van der Waals surface area contributed by atoms with Crippen molar-refractivity contribution in [2.75, 3.05) is 7.11 Å². The third kappa shape index (κ3) is 4.10. The van der Waals surface area contributed by atoms with Crippen LogP contribution in [0.15, 0.2) is 51.9 Å². The number of carboxylic acid groups (broad SMARTS) is 1. The van der Waals surface area contributed by atoms with Gasteiger partial charge >= 0.3 is 5.97 Å². The number of phenolic OH excluding ortho intramolecular Hbond substituents is 1. The van der Waals surface area contributed by atoms with Gasteiger partial charge in [-0.3, -0.25) is 4.79 Å². The summed E-state index contributed by atoms with van der Waals surface area (Å²) >= 11 is 0. The Morgan fingerprint density at radius 1 is 1.03 bits per heavy atom. The molecule has 0 radical (unpaired) electrons. The monoisotopic (exact) mass is 460 g/mol. The van der Waals surface area contributed by atoms with Crippen molar-refractivity contribution in [2.45, 2.75) is 30.7 Å². The molecule has 5 atom stereocenters. The number of aliphatic hydroxyl groups is 3. The predicted octanol–water partition coefficient (Wildman–Crippen LogP) is 0.445. The van der Waals surface area contributed by atoms with Gasteiger partial charge in [0.05, 0.1) is 18.1 Å². The Hall–Kier alpha value is -3.64. The van der Waals surface area contributed by atoms with Crippen LogP contribution in [-0.4, -0.2) is 69.3 Å². The number of methoxy groups -OCH3 is 1. The minimum absolute atomic E-state index is 0.119. The Labute approximate surface area is 185 Å². The first-order valence-corrected chi connectivity index (χ1v) is 9.73. The van der Waals surface area contributed by atoms with Crippen molar-refractivity contribution in [1.82, 2.24) is 0 Å². The van der Waals surface area contributed by atoms with Crippen molar-refractivity contribution in [3.05, 3.63) is 52.9 Å². The van der Waals surface area contributed by atoms with Crippen molar-refractivity contribution in [3.63, 3.8) is 0 Å². The predicted molar refractivity (Wildman–Crippen MR) is 111 cm³/mol. The Morgan fingerprint density at radius 3 is 2.36 bits per heavy atom.